The van der Waals surface area contributed by atoms with Crippen molar-refractivity contribution in [2.24, 2.45) is 0 Å². The smallest absolute Gasteiger partial charge is 0.271 e. The molecule has 3 aromatic carbocycles. The lowest BCUT2D eigenvalue weighted by atomic mass is 10.2. The highest BCUT2D eigenvalue weighted by molar-refractivity contribution is 7.22. The van der Waals surface area contributed by atoms with Gasteiger partial charge in [0.2, 0.25) is 0 Å². The number of thiazole rings is 1. The Labute approximate surface area is 203 Å². The second kappa shape index (κ2) is 10.9. The summed E-state index contributed by atoms with van der Waals surface area (Å²) in [4.78, 5) is 19.7. The number of allylic oxidation sites excluding steroid dienone is 1. The second-order valence-corrected chi connectivity index (χ2v) is 8.33. The van der Waals surface area contributed by atoms with Crippen molar-refractivity contribution in [3.8, 4) is 17.2 Å². The van der Waals surface area contributed by atoms with Crippen molar-refractivity contribution in [2.75, 3.05) is 25.2 Å². The molecule has 0 aliphatic rings. The molecule has 4 aromatic rings. The minimum absolute atomic E-state index is 0.178. The van der Waals surface area contributed by atoms with E-state index in [4.69, 9.17) is 19.2 Å². The molecule has 0 aliphatic heterocycles. The minimum Gasteiger partial charge on any atom is -0.494 e. The van der Waals surface area contributed by atoms with Gasteiger partial charge in [0.05, 0.1) is 29.6 Å². The number of hydrogen-bond acceptors (Lipinski definition) is 6. The molecule has 0 aliphatic carbocycles. The van der Waals surface area contributed by atoms with Crippen LogP contribution >= 0.6 is 11.3 Å². The highest BCUT2D eigenvalue weighted by atomic mass is 32.1. The minimum atomic E-state index is -0.247. The Kier molecular flexibility index (Phi) is 7.44. The van der Waals surface area contributed by atoms with Crippen molar-refractivity contribution in [3.63, 3.8) is 0 Å². The molecular formula is C27H26N2O4S. The zero-order valence-electron chi connectivity index (χ0n) is 19.4. The lowest BCUT2D eigenvalue weighted by Gasteiger charge is -2.21. The molecule has 0 unspecified atom stereocenters. The predicted molar refractivity (Wildman–Crippen MR) is 138 cm³/mol. The van der Waals surface area contributed by atoms with E-state index in [0.717, 1.165) is 21.5 Å². The van der Waals surface area contributed by atoms with Crippen LogP contribution < -0.4 is 19.1 Å². The van der Waals surface area contributed by atoms with Crippen LogP contribution in [0.5, 0.6) is 17.2 Å². The maximum atomic E-state index is 13.5. The van der Waals surface area contributed by atoms with Crippen molar-refractivity contribution < 1.29 is 19.0 Å². The first kappa shape index (κ1) is 23.3. The van der Waals surface area contributed by atoms with Gasteiger partial charge in [-0.1, -0.05) is 41.7 Å². The number of carbonyl (C=O) groups excluding carboxylic acids is 1. The summed E-state index contributed by atoms with van der Waals surface area (Å²) < 4.78 is 17.9. The number of rotatable bonds is 9. The van der Waals surface area contributed by atoms with Crippen molar-refractivity contribution in [3.05, 3.63) is 78.4 Å². The molecule has 0 atom stereocenters. The molecule has 6 nitrogen and oxygen atoms in total. The van der Waals surface area contributed by atoms with E-state index in [0.29, 0.717) is 28.9 Å². The average Bonchev–Trinajstić information content (AvgIpc) is 3.28. The summed E-state index contributed by atoms with van der Waals surface area (Å²) in [6.07, 6.45) is 3.92. The number of methoxy groups -OCH3 is 1. The number of hydrogen-bond donors (Lipinski definition) is 0. The van der Waals surface area contributed by atoms with Gasteiger partial charge in [-0.3, -0.25) is 9.69 Å². The van der Waals surface area contributed by atoms with E-state index >= 15 is 0 Å². The van der Waals surface area contributed by atoms with Crippen LogP contribution in [0.15, 0.2) is 72.8 Å². The summed E-state index contributed by atoms with van der Waals surface area (Å²) in [7, 11) is 1.58. The number of carbonyl (C=O) groups is 1. The normalized spacial score (nSPS) is 11.0. The molecule has 0 fully saturated rings. The number of para-hydroxylation sites is 1. The molecule has 7 heteroatoms. The molecule has 1 aromatic heterocycles. The monoisotopic (exact) mass is 474 g/mol. The van der Waals surface area contributed by atoms with E-state index in [1.54, 1.807) is 18.1 Å². The van der Waals surface area contributed by atoms with Crippen LogP contribution in [-0.4, -0.2) is 31.2 Å². The molecule has 34 heavy (non-hydrogen) atoms. The third-order valence-electron chi connectivity index (χ3n) is 5.03. The first-order valence-electron chi connectivity index (χ1n) is 11.0. The summed E-state index contributed by atoms with van der Waals surface area (Å²) >= 11 is 1.45. The predicted octanol–water partition coefficient (Wildman–Crippen LogP) is 6.48. The maximum absolute atomic E-state index is 13.5. The molecule has 0 saturated heterocycles. The van der Waals surface area contributed by atoms with Crippen LogP contribution in [0.25, 0.3) is 16.3 Å². The summed E-state index contributed by atoms with van der Waals surface area (Å²) in [5.74, 6) is 1.56. The van der Waals surface area contributed by atoms with Gasteiger partial charge in [0, 0.05) is 0 Å². The topological polar surface area (TPSA) is 60.9 Å². The van der Waals surface area contributed by atoms with Crippen molar-refractivity contribution in [2.45, 2.75) is 13.8 Å². The Morgan fingerprint density at radius 2 is 1.82 bits per heavy atom. The Balaban J connectivity index is 1.62. The SMILES string of the molecule is C/C=C/c1ccc(OCC(=O)N(c2ccc(OCC)cc2)c2nc3ccccc3s2)c(OC)c1. The fourth-order valence-corrected chi connectivity index (χ4v) is 4.48. The van der Waals surface area contributed by atoms with Gasteiger partial charge in [-0.2, -0.15) is 0 Å². The van der Waals surface area contributed by atoms with E-state index in [9.17, 15) is 4.79 Å². The second-order valence-electron chi connectivity index (χ2n) is 7.32. The molecule has 174 valence electrons. The molecule has 0 bridgehead atoms. The van der Waals surface area contributed by atoms with Gasteiger partial charge < -0.3 is 14.2 Å². The highest BCUT2D eigenvalue weighted by Gasteiger charge is 2.23. The molecule has 0 N–H and O–H groups in total. The number of fused-ring (bicyclic) bond motifs is 1. The summed E-state index contributed by atoms with van der Waals surface area (Å²) in [5.41, 5.74) is 2.52. The van der Waals surface area contributed by atoms with Crippen LogP contribution in [0.2, 0.25) is 0 Å². The third kappa shape index (κ3) is 5.21. The van der Waals surface area contributed by atoms with E-state index in [-0.39, 0.29) is 12.5 Å². The van der Waals surface area contributed by atoms with Gasteiger partial charge >= 0.3 is 0 Å². The number of amides is 1. The van der Waals surface area contributed by atoms with Crippen molar-refractivity contribution in [1.82, 2.24) is 4.98 Å². The van der Waals surface area contributed by atoms with Crippen molar-refractivity contribution in [1.29, 1.82) is 0 Å². The summed E-state index contributed by atoms with van der Waals surface area (Å²) in [6, 6.07) is 20.8. The highest BCUT2D eigenvalue weighted by Crippen LogP contribution is 2.35. The lowest BCUT2D eigenvalue weighted by Crippen LogP contribution is -2.30. The Bertz CT molecular complexity index is 1260. The van der Waals surface area contributed by atoms with Gasteiger partial charge in [0.25, 0.3) is 5.91 Å². The van der Waals surface area contributed by atoms with E-state index < -0.39 is 0 Å². The van der Waals surface area contributed by atoms with Gasteiger partial charge in [0.1, 0.15) is 5.75 Å². The molecule has 0 saturated carbocycles. The van der Waals surface area contributed by atoms with Crippen LogP contribution in [0.3, 0.4) is 0 Å². The van der Waals surface area contributed by atoms with E-state index in [2.05, 4.69) is 0 Å². The molecule has 4 rings (SSSR count). The zero-order valence-corrected chi connectivity index (χ0v) is 20.2. The number of benzene rings is 3. The molecular weight excluding hydrogens is 448 g/mol. The Hall–Kier alpha value is -3.84. The Morgan fingerprint density at radius 3 is 2.53 bits per heavy atom. The number of ether oxygens (including phenoxy) is 3. The average molecular weight is 475 g/mol. The third-order valence-corrected chi connectivity index (χ3v) is 6.05. The van der Waals surface area contributed by atoms with Crippen LogP contribution in [0, 0.1) is 0 Å². The van der Waals surface area contributed by atoms with Crippen molar-refractivity contribution >= 4 is 44.4 Å². The fraction of sp³-hybridized carbons (Fsp3) is 0.185. The first-order valence-corrected chi connectivity index (χ1v) is 11.8. The van der Waals surface area contributed by atoms with E-state index in [1.165, 1.54) is 11.3 Å². The van der Waals surface area contributed by atoms with Gasteiger partial charge in [-0.25, -0.2) is 4.98 Å². The molecule has 1 heterocycles. The largest absolute Gasteiger partial charge is 0.494 e. The van der Waals surface area contributed by atoms with Crippen LogP contribution in [0.4, 0.5) is 10.8 Å². The summed E-state index contributed by atoms with van der Waals surface area (Å²) in [6.45, 7) is 4.28. The van der Waals surface area contributed by atoms with Gasteiger partial charge in [-0.05, 0) is 67.9 Å². The number of aromatic nitrogens is 1. The number of anilines is 2. The maximum Gasteiger partial charge on any atom is 0.271 e. The summed E-state index contributed by atoms with van der Waals surface area (Å²) in [5, 5.41) is 0.578. The zero-order chi connectivity index (χ0) is 23.9. The standard InChI is InChI=1S/C27H26N2O4S/c1-4-8-19-11-16-23(24(17-19)31-3)33-18-26(30)29(20-12-14-21(15-13-20)32-5-2)27-28-22-9-6-7-10-25(22)34-27/h4,6-17H,5,18H2,1-3H3/b8-4+. The van der Waals surface area contributed by atoms with Gasteiger partial charge in [0.15, 0.2) is 23.2 Å². The van der Waals surface area contributed by atoms with Crippen LogP contribution in [-0.2, 0) is 4.79 Å². The Morgan fingerprint density at radius 1 is 1.03 bits per heavy atom. The number of nitrogens with zero attached hydrogens (tertiary/aromatic N) is 2. The van der Waals surface area contributed by atoms with Crippen LogP contribution in [0.1, 0.15) is 19.4 Å². The molecule has 0 radical (unpaired) electrons. The van der Waals surface area contributed by atoms with E-state index in [1.807, 2.05) is 86.7 Å². The molecule has 1 amide bonds. The molecule has 0 spiro atoms. The lowest BCUT2D eigenvalue weighted by molar-refractivity contribution is -0.119. The first-order chi connectivity index (χ1) is 16.6. The quantitative estimate of drug-likeness (QED) is 0.278. The fourth-order valence-electron chi connectivity index (χ4n) is 3.48. The van der Waals surface area contributed by atoms with Gasteiger partial charge in [-0.15, -0.1) is 0 Å².